The number of hydrogen-bond donors (Lipinski definition) is 2. The molecule has 1 aromatic rings. The Labute approximate surface area is 89.1 Å². The number of halogens is 2. The molecule has 0 aliphatic carbocycles. The van der Waals surface area contributed by atoms with E-state index in [0.29, 0.717) is 6.07 Å². The van der Waals surface area contributed by atoms with Crippen molar-refractivity contribution in [3.05, 3.63) is 35.4 Å². The number of carboxylic acids is 2. The first kappa shape index (κ1) is 12.1. The number of carbonyl (C=O) groups is 2. The first-order valence-electron chi connectivity index (χ1n) is 4.30. The third kappa shape index (κ3) is 3.01. The lowest BCUT2D eigenvalue weighted by molar-refractivity contribution is -0.145. The van der Waals surface area contributed by atoms with Crippen LogP contribution in [0.15, 0.2) is 18.2 Å². The molecule has 1 rings (SSSR count). The predicted octanol–water partition coefficient (Wildman–Crippen LogP) is 1.61. The molecule has 0 radical (unpaired) electrons. The van der Waals surface area contributed by atoms with Crippen LogP contribution in [0.4, 0.5) is 8.78 Å². The Bertz CT molecular complexity index is 411. The van der Waals surface area contributed by atoms with E-state index in [4.69, 9.17) is 10.2 Å². The number of carboxylic acid groups (broad SMARTS) is 2. The summed E-state index contributed by atoms with van der Waals surface area (Å²) < 4.78 is 25.6. The van der Waals surface area contributed by atoms with Crippen LogP contribution in [0.5, 0.6) is 0 Å². The van der Waals surface area contributed by atoms with Crippen LogP contribution in [0, 0.1) is 11.6 Å². The summed E-state index contributed by atoms with van der Waals surface area (Å²) in [5.41, 5.74) is -0.201. The van der Waals surface area contributed by atoms with Crippen LogP contribution in [0.3, 0.4) is 0 Å². The number of rotatable bonds is 4. The van der Waals surface area contributed by atoms with Gasteiger partial charge in [0, 0.05) is 6.07 Å². The molecule has 2 N–H and O–H groups in total. The molecular weight excluding hydrogens is 222 g/mol. The Balaban J connectivity index is 3.10. The normalized spacial score (nSPS) is 12.1. The van der Waals surface area contributed by atoms with Crippen LogP contribution in [-0.4, -0.2) is 22.2 Å². The Hall–Kier alpha value is -1.98. The molecule has 1 unspecified atom stereocenters. The molecule has 0 saturated carbocycles. The van der Waals surface area contributed by atoms with Gasteiger partial charge in [-0.15, -0.1) is 0 Å². The third-order valence-corrected chi connectivity index (χ3v) is 1.96. The Morgan fingerprint density at radius 2 is 1.62 bits per heavy atom. The Morgan fingerprint density at radius 3 is 2.00 bits per heavy atom. The van der Waals surface area contributed by atoms with Crippen molar-refractivity contribution in [1.82, 2.24) is 0 Å². The quantitative estimate of drug-likeness (QED) is 0.823. The molecule has 4 nitrogen and oxygen atoms in total. The fourth-order valence-electron chi connectivity index (χ4n) is 1.30. The second-order valence-corrected chi connectivity index (χ2v) is 3.19. The van der Waals surface area contributed by atoms with Gasteiger partial charge in [0.15, 0.2) is 0 Å². The van der Waals surface area contributed by atoms with Crippen molar-refractivity contribution in [1.29, 1.82) is 0 Å². The molecule has 0 bridgehead atoms. The molecule has 6 heteroatoms. The lowest BCUT2D eigenvalue weighted by Gasteiger charge is -2.10. The summed E-state index contributed by atoms with van der Waals surface area (Å²) in [7, 11) is 0. The third-order valence-electron chi connectivity index (χ3n) is 1.96. The highest BCUT2D eigenvalue weighted by Crippen LogP contribution is 2.22. The van der Waals surface area contributed by atoms with Crippen molar-refractivity contribution in [3.8, 4) is 0 Å². The van der Waals surface area contributed by atoms with Gasteiger partial charge in [-0.2, -0.15) is 0 Å². The average Bonchev–Trinajstić information content (AvgIpc) is 2.11. The van der Waals surface area contributed by atoms with E-state index in [1.807, 2.05) is 0 Å². The zero-order chi connectivity index (χ0) is 12.3. The smallest absolute Gasteiger partial charge is 0.311 e. The van der Waals surface area contributed by atoms with E-state index in [1.165, 1.54) is 0 Å². The van der Waals surface area contributed by atoms with Crippen molar-refractivity contribution in [2.24, 2.45) is 0 Å². The van der Waals surface area contributed by atoms with Crippen LogP contribution < -0.4 is 0 Å². The first-order chi connectivity index (χ1) is 7.40. The lowest BCUT2D eigenvalue weighted by Crippen LogP contribution is -2.16. The van der Waals surface area contributed by atoms with E-state index in [1.54, 1.807) is 0 Å². The van der Waals surface area contributed by atoms with E-state index in [0.717, 1.165) is 12.1 Å². The molecule has 0 spiro atoms. The van der Waals surface area contributed by atoms with Crippen molar-refractivity contribution in [3.63, 3.8) is 0 Å². The Kier molecular flexibility index (Phi) is 3.55. The maximum atomic E-state index is 12.8. The van der Waals surface area contributed by atoms with E-state index in [-0.39, 0.29) is 5.56 Å². The topological polar surface area (TPSA) is 74.6 Å². The zero-order valence-electron chi connectivity index (χ0n) is 7.98. The highest BCUT2D eigenvalue weighted by molar-refractivity contribution is 5.82. The largest absolute Gasteiger partial charge is 0.481 e. The summed E-state index contributed by atoms with van der Waals surface area (Å²) in [6.07, 6.45) is -0.724. The number of benzene rings is 1. The van der Waals surface area contributed by atoms with E-state index < -0.39 is 35.9 Å². The van der Waals surface area contributed by atoms with Gasteiger partial charge in [0.2, 0.25) is 0 Å². The Morgan fingerprint density at radius 1 is 1.12 bits per heavy atom. The summed E-state index contributed by atoms with van der Waals surface area (Å²) in [4.78, 5) is 21.2. The van der Waals surface area contributed by atoms with E-state index >= 15 is 0 Å². The van der Waals surface area contributed by atoms with Gasteiger partial charge in [0.25, 0.3) is 0 Å². The predicted molar refractivity (Wildman–Crippen MR) is 49.0 cm³/mol. The average molecular weight is 230 g/mol. The van der Waals surface area contributed by atoms with Gasteiger partial charge in [-0.1, -0.05) is 0 Å². The summed E-state index contributed by atoms with van der Waals surface area (Å²) >= 11 is 0. The monoisotopic (exact) mass is 230 g/mol. The van der Waals surface area contributed by atoms with Crippen molar-refractivity contribution in [2.75, 3.05) is 0 Å². The zero-order valence-corrected chi connectivity index (χ0v) is 7.98. The maximum absolute atomic E-state index is 12.8. The van der Waals surface area contributed by atoms with Crippen LogP contribution >= 0.6 is 0 Å². The molecule has 0 fully saturated rings. The van der Waals surface area contributed by atoms with Crippen LogP contribution in [0.2, 0.25) is 0 Å². The molecule has 0 aromatic heterocycles. The van der Waals surface area contributed by atoms with Gasteiger partial charge in [-0.25, -0.2) is 8.78 Å². The number of hydrogen-bond acceptors (Lipinski definition) is 2. The molecule has 16 heavy (non-hydrogen) atoms. The second-order valence-electron chi connectivity index (χ2n) is 3.19. The molecule has 0 aliphatic heterocycles. The van der Waals surface area contributed by atoms with Crippen molar-refractivity contribution >= 4 is 11.9 Å². The summed E-state index contributed by atoms with van der Waals surface area (Å²) in [5, 5.41) is 17.2. The fourth-order valence-corrected chi connectivity index (χ4v) is 1.30. The van der Waals surface area contributed by atoms with Gasteiger partial charge >= 0.3 is 11.9 Å². The molecule has 0 aliphatic rings. The molecule has 0 heterocycles. The van der Waals surface area contributed by atoms with Gasteiger partial charge in [0.1, 0.15) is 11.6 Å². The standard InChI is InChI=1S/C10H8F2O4/c11-6-1-5(2-7(12)3-6)8(10(15)16)4-9(13)14/h1-3,8H,4H2,(H,13,14)(H,15,16). The summed E-state index contributed by atoms with van der Waals surface area (Å²) in [6.45, 7) is 0. The second kappa shape index (κ2) is 4.69. The van der Waals surface area contributed by atoms with Crippen LogP contribution in [0.1, 0.15) is 17.9 Å². The van der Waals surface area contributed by atoms with Crippen LogP contribution in [0.25, 0.3) is 0 Å². The maximum Gasteiger partial charge on any atom is 0.311 e. The number of aliphatic carboxylic acids is 2. The van der Waals surface area contributed by atoms with Gasteiger partial charge in [0.05, 0.1) is 12.3 Å². The minimum atomic E-state index is -1.46. The highest BCUT2D eigenvalue weighted by atomic mass is 19.1. The summed E-state index contributed by atoms with van der Waals surface area (Å²) in [5.74, 6) is -6.12. The first-order valence-corrected chi connectivity index (χ1v) is 4.30. The minimum absolute atomic E-state index is 0.201. The van der Waals surface area contributed by atoms with E-state index in [9.17, 15) is 18.4 Å². The minimum Gasteiger partial charge on any atom is -0.481 e. The van der Waals surface area contributed by atoms with Crippen molar-refractivity contribution < 1.29 is 28.6 Å². The van der Waals surface area contributed by atoms with Crippen molar-refractivity contribution in [2.45, 2.75) is 12.3 Å². The highest BCUT2D eigenvalue weighted by Gasteiger charge is 2.24. The van der Waals surface area contributed by atoms with Gasteiger partial charge in [-0.3, -0.25) is 9.59 Å². The molecule has 1 aromatic carbocycles. The fraction of sp³-hybridized carbons (Fsp3) is 0.200. The molecule has 86 valence electrons. The molecule has 1 atom stereocenters. The van der Waals surface area contributed by atoms with E-state index in [2.05, 4.69) is 0 Å². The van der Waals surface area contributed by atoms with Gasteiger partial charge < -0.3 is 10.2 Å². The molecule has 0 saturated heterocycles. The van der Waals surface area contributed by atoms with Gasteiger partial charge in [-0.05, 0) is 17.7 Å². The summed E-state index contributed by atoms with van der Waals surface area (Å²) in [6, 6.07) is 2.21. The SMILES string of the molecule is O=C(O)CC(C(=O)O)c1cc(F)cc(F)c1. The molecule has 0 amide bonds. The molecular formula is C10H8F2O4. The lowest BCUT2D eigenvalue weighted by atomic mass is 9.96. The van der Waals surface area contributed by atoms with Crippen LogP contribution in [-0.2, 0) is 9.59 Å².